The summed E-state index contributed by atoms with van der Waals surface area (Å²) in [5, 5.41) is 0. The van der Waals surface area contributed by atoms with E-state index in [1.807, 2.05) is 6.07 Å². The Kier molecular flexibility index (Phi) is 5.19. The summed E-state index contributed by atoms with van der Waals surface area (Å²) in [7, 11) is 0. The Morgan fingerprint density at radius 3 is 2.26 bits per heavy atom. The molecule has 1 aromatic rings. The van der Waals surface area contributed by atoms with Crippen LogP contribution in [-0.2, 0) is 0 Å². The lowest BCUT2D eigenvalue weighted by Crippen LogP contribution is -2.21. The van der Waals surface area contributed by atoms with Crippen LogP contribution in [0.3, 0.4) is 0 Å². The maximum absolute atomic E-state index is 12.4. The molecule has 3 N–H and O–H groups in total. The number of fused-ring (bicyclic) bond motifs is 1. The molecule has 1 unspecified atom stereocenters. The van der Waals surface area contributed by atoms with Crippen LogP contribution in [0.5, 0.6) is 0 Å². The van der Waals surface area contributed by atoms with Crippen molar-refractivity contribution in [1.82, 2.24) is 6.15 Å². The standard InChI is InChI=1S/C16H18O2.H3N/c1-3-7-11(4-2)14-10-15(17)12-8-5-6-9-13(12)16(14)18;/h5-6,8-11H,3-4,7H2,1-2H3;1H3. The van der Waals surface area contributed by atoms with Crippen LogP contribution in [0.2, 0.25) is 0 Å². The third-order valence-corrected chi connectivity index (χ3v) is 3.56. The average molecular weight is 259 g/mol. The van der Waals surface area contributed by atoms with E-state index in [1.54, 1.807) is 24.3 Å². The monoisotopic (exact) mass is 259 g/mol. The smallest absolute Gasteiger partial charge is 0.190 e. The second-order valence-corrected chi connectivity index (χ2v) is 4.73. The Balaban J connectivity index is 0.00000180. The molecule has 0 saturated carbocycles. The first-order valence-electron chi connectivity index (χ1n) is 6.58. The van der Waals surface area contributed by atoms with Gasteiger partial charge in [0.25, 0.3) is 0 Å². The highest BCUT2D eigenvalue weighted by atomic mass is 16.1. The molecule has 1 aliphatic carbocycles. The van der Waals surface area contributed by atoms with Gasteiger partial charge in [-0.1, -0.05) is 44.5 Å². The van der Waals surface area contributed by atoms with Gasteiger partial charge in [-0.2, -0.15) is 0 Å². The van der Waals surface area contributed by atoms with Gasteiger partial charge >= 0.3 is 0 Å². The van der Waals surface area contributed by atoms with E-state index in [4.69, 9.17) is 0 Å². The maximum Gasteiger partial charge on any atom is 0.190 e. The minimum absolute atomic E-state index is 0. The number of carbonyl (C=O) groups is 2. The molecule has 0 radical (unpaired) electrons. The number of Topliss-reactive ketones (excluding diaryl/α,β-unsaturated/α-hetero) is 1. The number of hydrogen-bond acceptors (Lipinski definition) is 3. The molecule has 3 nitrogen and oxygen atoms in total. The number of ketones is 2. The normalized spacial score (nSPS) is 15.4. The first-order valence-corrected chi connectivity index (χ1v) is 6.58. The number of benzene rings is 1. The fraction of sp³-hybridized carbons (Fsp3) is 0.375. The van der Waals surface area contributed by atoms with Gasteiger partial charge in [0.15, 0.2) is 11.6 Å². The van der Waals surface area contributed by atoms with Gasteiger partial charge in [0.2, 0.25) is 0 Å². The zero-order valence-corrected chi connectivity index (χ0v) is 11.6. The highest BCUT2D eigenvalue weighted by Gasteiger charge is 2.28. The van der Waals surface area contributed by atoms with Gasteiger partial charge in [0, 0.05) is 16.7 Å². The van der Waals surface area contributed by atoms with Gasteiger partial charge in [-0.05, 0) is 24.8 Å². The maximum atomic E-state index is 12.4. The van der Waals surface area contributed by atoms with Crippen molar-refractivity contribution in [3.63, 3.8) is 0 Å². The molecule has 1 atom stereocenters. The molecule has 0 bridgehead atoms. The van der Waals surface area contributed by atoms with Crippen molar-refractivity contribution in [1.29, 1.82) is 0 Å². The SMILES string of the molecule is CCCC(CC)C1=CC(=O)c2ccccc2C1=O.N. The van der Waals surface area contributed by atoms with Crippen LogP contribution in [-0.4, -0.2) is 11.6 Å². The number of hydrogen-bond donors (Lipinski definition) is 1. The van der Waals surface area contributed by atoms with E-state index in [9.17, 15) is 9.59 Å². The lowest BCUT2D eigenvalue weighted by Gasteiger charge is -2.21. The first-order chi connectivity index (χ1) is 8.69. The molecule has 0 saturated heterocycles. The first kappa shape index (κ1) is 15.3. The van der Waals surface area contributed by atoms with Crippen LogP contribution >= 0.6 is 0 Å². The second-order valence-electron chi connectivity index (χ2n) is 4.73. The summed E-state index contributed by atoms with van der Waals surface area (Å²) < 4.78 is 0. The molecule has 1 aliphatic rings. The highest BCUT2D eigenvalue weighted by molar-refractivity contribution is 6.24. The Bertz CT molecular complexity index is 517. The van der Waals surface area contributed by atoms with E-state index in [-0.39, 0.29) is 23.6 Å². The largest absolute Gasteiger partial charge is 0.344 e. The van der Waals surface area contributed by atoms with E-state index in [0.717, 1.165) is 19.3 Å². The van der Waals surface area contributed by atoms with Crippen molar-refractivity contribution in [3.8, 4) is 0 Å². The molecular formula is C16H21NO2. The molecule has 0 aromatic heterocycles. The second kappa shape index (κ2) is 6.43. The van der Waals surface area contributed by atoms with E-state index in [2.05, 4.69) is 13.8 Å². The molecule has 0 amide bonds. The summed E-state index contributed by atoms with van der Waals surface area (Å²) in [6, 6.07) is 7.09. The van der Waals surface area contributed by atoms with Crippen LogP contribution in [0, 0.1) is 5.92 Å². The van der Waals surface area contributed by atoms with Crippen LogP contribution < -0.4 is 6.15 Å². The van der Waals surface area contributed by atoms with E-state index < -0.39 is 0 Å². The molecule has 3 heteroatoms. The molecular weight excluding hydrogens is 238 g/mol. The minimum Gasteiger partial charge on any atom is -0.344 e. The average Bonchev–Trinajstić information content (AvgIpc) is 2.40. The Hall–Kier alpha value is -1.74. The Labute approximate surface area is 114 Å². The van der Waals surface area contributed by atoms with Crippen LogP contribution in [0.1, 0.15) is 53.8 Å². The molecule has 0 heterocycles. The number of rotatable bonds is 4. The van der Waals surface area contributed by atoms with Gasteiger partial charge in [-0.15, -0.1) is 0 Å². The molecule has 0 fully saturated rings. The summed E-state index contributed by atoms with van der Waals surface area (Å²) >= 11 is 0. The molecule has 1 aromatic carbocycles. The zero-order chi connectivity index (χ0) is 13.1. The van der Waals surface area contributed by atoms with E-state index in [0.29, 0.717) is 16.7 Å². The predicted octanol–water partition coefficient (Wildman–Crippen LogP) is 3.98. The van der Waals surface area contributed by atoms with Gasteiger partial charge in [-0.3, -0.25) is 9.59 Å². The van der Waals surface area contributed by atoms with Crippen molar-refractivity contribution >= 4 is 11.6 Å². The van der Waals surface area contributed by atoms with Crippen molar-refractivity contribution in [2.24, 2.45) is 5.92 Å². The minimum atomic E-state index is -0.0326. The molecule has 0 spiro atoms. The summed E-state index contributed by atoms with van der Waals surface area (Å²) in [6.45, 7) is 4.17. The van der Waals surface area contributed by atoms with Crippen molar-refractivity contribution < 1.29 is 9.59 Å². The van der Waals surface area contributed by atoms with Crippen molar-refractivity contribution in [3.05, 3.63) is 47.0 Å². The quantitative estimate of drug-likeness (QED) is 0.889. The number of carbonyl (C=O) groups excluding carboxylic acids is 2. The highest BCUT2D eigenvalue weighted by Crippen LogP contribution is 2.29. The third-order valence-electron chi connectivity index (χ3n) is 3.56. The van der Waals surface area contributed by atoms with Crippen LogP contribution in [0.4, 0.5) is 0 Å². The van der Waals surface area contributed by atoms with Crippen LogP contribution in [0.15, 0.2) is 35.9 Å². The molecule has 0 aliphatic heterocycles. The van der Waals surface area contributed by atoms with E-state index >= 15 is 0 Å². The van der Waals surface area contributed by atoms with Gasteiger partial charge < -0.3 is 6.15 Å². The fourth-order valence-electron chi connectivity index (χ4n) is 2.57. The van der Waals surface area contributed by atoms with Crippen molar-refractivity contribution in [2.45, 2.75) is 33.1 Å². The molecule has 102 valence electrons. The lowest BCUT2D eigenvalue weighted by atomic mass is 9.81. The lowest BCUT2D eigenvalue weighted by molar-refractivity contribution is 0.0973. The van der Waals surface area contributed by atoms with E-state index in [1.165, 1.54) is 0 Å². The van der Waals surface area contributed by atoms with Gasteiger partial charge in [-0.25, -0.2) is 0 Å². The van der Waals surface area contributed by atoms with Gasteiger partial charge in [0.05, 0.1) is 0 Å². The Morgan fingerprint density at radius 1 is 1.05 bits per heavy atom. The van der Waals surface area contributed by atoms with Crippen LogP contribution in [0.25, 0.3) is 0 Å². The summed E-state index contributed by atoms with van der Waals surface area (Å²) in [6.07, 6.45) is 4.44. The Morgan fingerprint density at radius 2 is 1.68 bits per heavy atom. The molecule has 19 heavy (non-hydrogen) atoms. The van der Waals surface area contributed by atoms with Gasteiger partial charge in [0.1, 0.15) is 0 Å². The van der Waals surface area contributed by atoms with Crippen molar-refractivity contribution in [2.75, 3.05) is 0 Å². The predicted molar refractivity (Wildman–Crippen MR) is 76.9 cm³/mol. The summed E-state index contributed by atoms with van der Waals surface area (Å²) in [4.78, 5) is 24.5. The number of allylic oxidation sites excluding steroid dienone is 2. The zero-order valence-electron chi connectivity index (χ0n) is 11.6. The third kappa shape index (κ3) is 2.82. The fourth-order valence-corrected chi connectivity index (χ4v) is 2.57. The topological polar surface area (TPSA) is 69.1 Å². The summed E-state index contributed by atoms with van der Waals surface area (Å²) in [5.41, 5.74) is 1.80. The summed E-state index contributed by atoms with van der Waals surface area (Å²) in [5.74, 6) is 0.208. The molecule has 2 rings (SSSR count).